The number of rotatable bonds is 5. The molecule has 0 unspecified atom stereocenters. The molecule has 0 aromatic carbocycles. The maximum absolute atomic E-state index is 9.16. The predicted molar refractivity (Wildman–Crippen MR) is 76.6 cm³/mol. The number of aliphatic hydroxyl groups is 1. The van der Waals surface area contributed by atoms with Gasteiger partial charge < -0.3 is 10.4 Å². The molecule has 2 fully saturated rings. The molecule has 0 spiro atoms. The van der Waals surface area contributed by atoms with Crippen LogP contribution in [0.15, 0.2) is 0 Å². The minimum atomic E-state index is 0.398. The largest absolute Gasteiger partial charge is 0.396 e. The SMILES string of the molecule is CCCC1CCC(NC2CCC(CO)CC2)CC1. The van der Waals surface area contributed by atoms with Gasteiger partial charge in [0.2, 0.25) is 0 Å². The lowest BCUT2D eigenvalue weighted by molar-refractivity contribution is 0.165. The van der Waals surface area contributed by atoms with E-state index in [1.165, 1.54) is 64.2 Å². The smallest absolute Gasteiger partial charge is 0.0459 e. The molecule has 18 heavy (non-hydrogen) atoms. The Morgan fingerprint density at radius 1 is 0.833 bits per heavy atom. The quantitative estimate of drug-likeness (QED) is 0.786. The summed E-state index contributed by atoms with van der Waals surface area (Å²) in [6, 6.07) is 1.52. The summed E-state index contributed by atoms with van der Waals surface area (Å²) in [6.45, 7) is 2.71. The van der Waals surface area contributed by atoms with Crippen LogP contribution in [0, 0.1) is 11.8 Å². The summed E-state index contributed by atoms with van der Waals surface area (Å²) in [5.41, 5.74) is 0. The first-order chi connectivity index (χ1) is 8.81. The van der Waals surface area contributed by atoms with Gasteiger partial charge in [-0.25, -0.2) is 0 Å². The molecule has 0 radical (unpaired) electrons. The monoisotopic (exact) mass is 253 g/mol. The lowest BCUT2D eigenvalue weighted by atomic mass is 9.82. The summed E-state index contributed by atoms with van der Waals surface area (Å²) in [4.78, 5) is 0. The average molecular weight is 253 g/mol. The lowest BCUT2D eigenvalue weighted by Crippen LogP contribution is -2.42. The van der Waals surface area contributed by atoms with E-state index >= 15 is 0 Å². The van der Waals surface area contributed by atoms with Gasteiger partial charge in [0.25, 0.3) is 0 Å². The average Bonchev–Trinajstić information content (AvgIpc) is 2.42. The van der Waals surface area contributed by atoms with Crippen LogP contribution in [0.1, 0.15) is 71.1 Å². The fraction of sp³-hybridized carbons (Fsp3) is 1.00. The molecule has 0 bridgehead atoms. The van der Waals surface area contributed by atoms with Crippen LogP contribution in [0.5, 0.6) is 0 Å². The Balaban J connectivity index is 1.63. The second kappa shape index (κ2) is 7.49. The summed E-state index contributed by atoms with van der Waals surface area (Å²) in [7, 11) is 0. The number of hydrogen-bond acceptors (Lipinski definition) is 2. The fourth-order valence-electron chi connectivity index (χ4n) is 3.87. The summed E-state index contributed by atoms with van der Waals surface area (Å²) in [5, 5.41) is 13.0. The van der Waals surface area contributed by atoms with Crippen molar-refractivity contribution in [3.8, 4) is 0 Å². The topological polar surface area (TPSA) is 32.3 Å². The van der Waals surface area contributed by atoms with Crippen LogP contribution in [-0.4, -0.2) is 23.8 Å². The number of nitrogens with one attached hydrogen (secondary N) is 1. The highest BCUT2D eigenvalue weighted by molar-refractivity contribution is 4.83. The van der Waals surface area contributed by atoms with Crippen molar-refractivity contribution in [1.82, 2.24) is 5.32 Å². The van der Waals surface area contributed by atoms with E-state index in [9.17, 15) is 0 Å². The van der Waals surface area contributed by atoms with E-state index in [1.807, 2.05) is 0 Å². The van der Waals surface area contributed by atoms with Gasteiger partial charge in [-0.15, -0.1) is 0 Å². The first-order valence-electron chi connectivity index (χ1n) is 8.18. The molecule has 0 atom stereocenters. The Kier molecular flexibility index (Phi) is 5.97. The van der Waals surface area contributed by atoms with Crippen LogP contribution >= 0.6 is 0 Å². The zero-order valence-corrected chi connectivity index (χ0v) is 12.0. The standard InChI is InChI=1S/C16H31NO/c1-2-3-13-4-8-15(9-5-13)17-16-10-6-14(12-18)7-11-16/h13-18H,2-12H2,1H3. The van der Waals surface area contributed by atoms with E-state index in [-0.39, 0.29) is 0 Å². The van der Waals surface area contributed by atoms with Gasteiger partial charge in [-0.1, -0.05) is 19.8 Å². The Morgan fingerprint density at radius 2 is 1.33 bits per heavy atom. The summed E-state index contributed by atoms with van der Waals surface area (Å²) in [5.74, 6) is 1.60. The summed E-state index contributed by atoms with van der Waals surface area (Å²) in [6.07, 6.45) is 13.5. The molecule has 0 aromatic rings. The molecule has 106 valence electrons. The molecule has 0 heterocycles. The molecule has 2 saturated carbocycles. The van der Waals surface area contributed by atoms with Crippen molar-refractivity contribution < 1.29 is 5.11 Å². The molecule has 0 aromatic heterocycles. The molecule has 0 saturated heterocycles. The minimum Gasteiger partial charge on any atom is -0.396 e. The van der Waals surface area contributed by atoms with Crippen LogP contribution in [0.25, 0.3) is 0 Å². The van der Waals surface area contributed by atoms with Gasteiger partial charge in [0.05, 0.1) is 0 Å². The third kappa shape index (κ3) is 4.24. The van der Waals surface area contributed by atoms with Gasteiger partial charge >= 0.3 is 0 Å². The molecule has 2 rings (SSSR count). The van der Waals surface area contributed by atoms with Crippen molar-refractivity contribution in [3.63, 3.8) is 0 Å². The Hall–Kier alpha value is -0.0800. The van der Waals surface area contributed by atoms with E-state index in [2.05, 4.69) is 12.2 Å². The maximum Gasteiger partial charge on any atom is 0.0459 e. The van der Waals surface area contributed by atoms with Crippen LogP contribution in [0.3, 0.4) is 0 Å². The molecule has 2 nitrogen and oxygen atoms in total. The highest BCUT2D eigenvalue weighted by Gasteiger charge is 2.25. The van der Waals surface area contributed by atoms with Crippen LogP contribution < -0.4 is 5.32 Å². The molecule has 0 amide bonds. The first-order valence-corrected chi connectivity index (χ1v) is 8.18. The van der Waals surface area contributed by atoms with Crippen LogP contribution in [0.2, 0.25) is 0 Å². The zero-order chi connectivity index (χ0) is 12.8. The third-order valence-corrected chi connectivity index (χ3v) is 5.12. The molecular weight excluding hydrogens is 222 g/mol. The van der Waals surface area contributed by atoms with Gasteiger partial charge in [0.1, 0.15) is 0 Å². The van der Waals surface area contributed by atoms with Crippen molar-refractivity contribution in [2.75, 3.05) is 6.61 Å². The molecule has 2 N–H and O–H groups in total. The molecule has 2 heteroatoms. The van der Waals surface area contributed by atoms with Gasteiger partial charge in [-0.3, -0.25) is 0 Å². The van der Waals surface area contributed by atoms with E-state index in [0.717, 1.165) is 18.0 Å². The normalized spacial score (nSPS) is 37.7. The Bertz CT molecular complexity index is 215. The second-order valence-corrected chi connectivity index (χ2v) is 6.57. The van der Waals surface area contributed by atoms with Gasteiger partial charge in [-0.05, 0) is 63.2 Å². The van der Waals surface area contributed by atoms with Gasteiger partial charge in [0.15, 0.2) is 0 Å². The Morgan fingerprint density at radius 3 is 1.78 bits per heavy atom. The van der Waals surface area contributed by atoms with Crippen LogP contribution in [0.4, 0.5) is 0 Å². The van der Waals surface area contributed by atoms with Crippen molar-refractivity contribution in [1.29, 1.82) is 0 Å². The number of hydrogen-bond donors (Lipinski definition) is 2. The van der Waals surface area contributed by atoms with Crippen molar-refractivity contribution in [2.45, 2.75) is 83.2 Å². The summed E-state index contributed by atoms with van der Waals surface area (Å²) < 4.78 is 0. The number of aliphatic hydroxyl groups excluding tert-OH is 1. The molecular formula is C16H31NO. The van der Waals surface area contributed by atoms with E-state index in [0.29, 0.717) is 12.5 Å². The van der Waals surface area contributed by atoms with Crippen molar-refractivity contribution >= 4 is 0 Å². The van der Waals surface area contributed by atoms with E-state index in [1.54, 1.807) is 0 Å². The zero-order valence-electron chi connectivity index (χ0n) is 12.0. The van der Waals surface area contributed by atoms with E-state index < -0.39 is 0 Å². The summed E-state index contributed by atoms with van der Waals surface area (Å²) >= 11 is 0. The molecule has 0 aliphatic heterocycles. The minimum absolute atomic E-state index is 0.398. The third-order valence-electron chi connectivity index (χ3n) is 5.12. The molecule has 2 aliphatic rings. The lowest BCUT2D eigenvalue weighted by Gasteiger charge is -2.35. The van der Waals surface area contributed by atoms with Gasteiger partial charge in [-0.2, -0.15) is 0 Å². The maximum atomic E-state index is 9.16. The van der Waals surface area contributed by atoms with Crippen LogP contribution in [-0.2, 0) is 0 Å². The molecule has 2 aliphatic carbocycles. The highest BCUT2D eigenvalue weighted by atomic mass is 16.3. The Labute approximate surface area is 113 Å². The van der Waals surface area contributed by atoms with Crippen molar-refractivity contribution in [2.24, 2.45) is 11.8 Å². The predicted octanol–water partition coefficient (Wildman–Crippen LogP) is 3.49. The second-order valence-electron chi connectivity index (χ2n) is 6.57. The highest BCUT2D eigenvalue weighted by Crippen LogP contribution is 2.30. The van der Waals surface area contributed by atoms with Crippen molar-refractivity contribution in [3.05, 3.63) is 0 Å². The van der Waals surface area contributed by atoms with Gasteiger partial charge in [0, 0.05) is 18.7 Å². The fourth-order valence-corrected chi connectivity index (χ4v) is 3.87. The first kappa shape index (κ1) is 14.3. The van der Waals surface area contributed by atoms with E-state index in [4.69, 9.17) is 5.11 Å².